The van der Waals surface area contributed by atoms with E-state index in [0.29, 0.717) is 17.2 Å². The summed E-state index contributed by atoms with van der Waals surface area (Å²) in [7, 11) is 0. The molecule has 0 spiro atoms. The normalized spacial score (nSPS) is 12.7. The Kier molecular flexibility index (Phi) is 6.88. The third-order valence-electron chi connectivity index (χ3n) is 11.1. The highest BCUT2D eigenvalue weighted by atomic mass is 16.5. The summed E-state index contributed by atoms with van der Waals surface area (Å²) >= 11 is 0. The number of hydrogen-bond acceptors (Lipinski definition) is 6. The number of para-hydroxylation sites is 2. The van der Waals surface area contributed by atoms with E-state index in [1.807, 2.05) is 73.1 Å². The van der Waals surface area contributed by atoms with Crippen LogP contribution in [0.5, 0.6) is 11.6 Å². The van der Waals surface area contributed by atoms with Gasteiger partial charge < -0.3 is 9.15 Å². The first-order chi connectivity index (χ1) is 27.5. The number of fused-ring (bicyclic) bond motifs is 12. The van der Waals surface area contributed by atoms with E-state index in [9.17, 15) is 0 Å². The summed E-state index contributed by atoms with van der Waals surface area (Å²) in [4.78, 5) is 20.2. The first-order valence-electron chi connectivity index (χ1n) is 19.3. The van der Waals surface area contributed by atoms with Gasteiger partial charge in [0.05, 0.1) is 44.4 Å². The highest BCUT2D eigenvalue weighted by molar-refractivity contribution is 6.18. The van der Waals surface area contributed by atoms with Gasteiger partial charge in [0.1, 0.15) is 22.6 Å². The topological polar surface area (TPSA) is 87.7 Å². The van der Waals surface area contributed by atoms with Crippen LogP contribution in [0, 0.1) is 0 Å². The van der Waals surface area contributed by atoms with Crippen molar-refractivity contribution in [2.45, 2.75) is 52.4 Å². The Morgan fingerprint density at radius 3 is 2.16 bits per heavy atom. The Bertz CT molecular complexity index is 3390. The summed E-state index contributed by atoms with van der Waals surface area (Å²) in [5.74, 6) is 1.81. The highest BCUT2D eigenvalue weighted by Crippen LogP contribution is 2.42. The van der Waals surface area contributed by atoms with Gasteiger partial charge in [0, 0.05) is 35.5 Å². The van der Waals surface area contributed by atoms with E-state index < -0.39 is 0 Å². The number of furan rings is 1. The van der Waals surface area contributed by atoms with E-state index in [4.69, 9.17) is 29.1 Å². The fraction of sp³-hybridized carbons (Fsp3) is 0.167. The SMILES string of the molecule is CC(C)(C)c1ccc(-n2c3nc(Oc4cc(-c5ccccn5)c5c(c4)oc4ccn6c7cc(C(C)(C)C)ccc7nc6c45)ccc3n3c4ccccc4nc23)cc1. The fourth-order valence-electron chi connectivity index (χ4n) is 8.16. The van der Waals surface area contributed by atoms with Crippen molar-refractivity contribution in [3.63, 3.8) is 0 Å². The standard InChI is InChI=1S/C48H39N7O2/c1-47(2,3)28-14-17-30(18-15-28)54-44-37(55-36-13-8-7-12-34(36)51-46(54)55)20-21-41(52-44)56-31-26-32(33-11-9-10-23-49-33)42-40(27-31)57-39-22-24-53-38-25-29(48(4,5)6)16-19-35(38)50-45(53)43(39)42/h7-27H,1-6H3. The van der Waals surface area contributed by atoms with Gasteiger partial charge >= 0.3 is 0 Å². The summed E-state index contributed by atoms with van der Waals surface area (Å²) in [6.07, 6.45) is 3.85. The zero-order chi connectivity index (χ0) is 38.8. The Morgan fingerprint density at radius 1 is 0.596 bits per heavy atom. The molecule has 0 aliphatic rings. The second-order valence-corrected chi connectivity index (χ2v) is 16.9. The van der Waals surface area contributed by atoms with Crippen LogP contribution < -0.4 is 4.74 Å². The van der Waals surface area contributed by atoms with Crippen LogP contribution in [0.4, 0.5) is 0 Å². The van der Waals surface area contributed by atoms with Crippen molar-refractivity contribution in [1.29, 1.82) is 0 Å². The van der Waals surface area contributed by atoms with E-state index in [0.717, 1.165) is 78.0 Å². The van der Waals surface area contributed by atoms with Gasteiger partial charge in [-0.3, -0.25) is 18.4 Å². The lowest BCUT2D eigenvalue weighted by Gasteiger charge is -2.19. The number of pyridine rings is 3. The number of rotatable bonds is 4. The largest absolute Gasteiger partial charge is 0.456 e. The molecule has 9 heteroatoms. The molecule has 0 radical (unpaired) electrons. The van der Waals surface area contributed by atoms with Gasteiger partial charge in [0.15, 0.2) is 5.65 Å². The number of ether oxygens (including phenoxy) is 1. The quantitative estimate of drug-likeness (QED) is 0.178. The first kappa shape index (κ1) is 33.3. The number of hydrogen-bond donors (Lipinski definition) is 0. The van der Waals surface area contributed by atoms with E-state index in [1.54, 1.807) is 0 Å². The monoisotopic (exact) mass is 745 g/mol. The van der Waals surface area contributed by atoms with Gasteiger partial charge in [-0.1, -0.05) is 77.9 Å². The van der Waals surface area contributed by atoms with Crippen molar-refractivity contribution in [3.8, 4) is 28.6 Å². The van der Waals surface area contributed by atoms with Crippen LogP contribution in [0.3, 0.4) is 0 Å². The third-order valence-corrected chi connectivity index (χ3v) is 11.1. The minimum Gasteiger partial charge on any atom is -0.456 e. The average Bonchev–Trinajstić information content (AvgIpc) is 3.95. The number of benzene rings is 4. The Labute approximate surface area is 327 Å². The van der Waals surface area contributed by atoms with Crippen LogP contribution >= 0.6 is 0 Å². The van der Waals surface area contributed by atoms with Gasteiger partial charge in [-0.25, -0.2) is 9.97 Å². The molecule has 7 aromatic heterocycles. The lowest BCUT2D eigenvalue weighted by molar-refractivity contribution is 0.464. The molecule has 0 aliphatic carbocycles. The van der Waals surface area contributed by atoms with Crippen molar-refractivity contribution in [2.24, 2.45) is 0 Å². The Hall–Kier alpha value is -7.00. The minimum absolute atomic E-state index is 0.00713. The van der Waals surface area contributed by atoms with Crippen molar-refractivity contribution in [2.75, 3.05) is 0 Å². The maximum absolute atomic E-state index is 6.69. The zero-order valence-electron chi connectivity index (χ0n) is 32.6. The van der Waals surface area contributed by atoms with Crippen molar-refractivity contribution >= 4 is 66.6 Å². The molecule has 0 fully saturated rings. The van der Waals surface area contributed by atoms with Crippen molar-refractivity contribution in [1.82, 2.24) is 33.3 Å². The van der Waals surface area contributed by atoms with E-state index in [1.165, 1.54) is 11.1 Å². The molecule has 0 bridgehead atoms. The van der Waals surface area contributed by atoms with Crippen molar-refractivity contribution in [3.05, 3.63) is 139 Å². The number of imidazole rings is 3. The molecule has 0 saturated carbocycles. The lowest BCUT2D eigenvalue weighted by Crippen LogP contribution is -2.10. The Morgan fingerprint density at radius 2 is 1.37 bits per heavy atom. The molecule has 0 atom stereocenters. The third kappa shape index (κ3) is 5.15. The summed E-state index contributed by atoms with van der Waals surface area (Å²) in [6, 6.07) is 39.3. The number of nitrogens with zero attached hydrogens (tertiary/aromatic N) is 7. The van der Waals surface area contributed by atoms with Crippen LogP contribution in [0.15, 0.2) is 132 Å². The molecule has 0 unspecified atom stereocenters. The second kappa shape index (κ2) is 11.8. The molecule has 7 heterocycles. The molecule has 9 nitrogen and oxygen atoms in total. The second-order valence-electron chi connectivity index (χ2n) is 16.9. The maximum Gasteiger partial charge on any atom is 0.221 e. The van der Waals surface area contributed by atoms with Crippen LogP contribution in [-0.4, -0.2) is 33.3 Å². The van der Waals surface area contributed by atoms with Crippen LogP contribution in [0.2, 0.25) is 0 Å². The van der Waals surface area contributed by atoms with E-state index in [-0.39, 0.29) is 10.8 Å². The van der Waals surface area contributed by atoms with Crippen LogP contribution in [0.25, 0.3) is 83.5 Å². The zero-order valence-corrected chi connectivity index (χ0v) is 32.6. The molecule has 278 valence electrons. The predicted octanol–water partition coefficient (Wildman–Crippen LogP) is 12.0. The summed E-state index contributed by atoms with van der Waals surface area (Å²) in [5.41, 5.74) is 13.0. The summed E-state index contributed by atoms with van der Waals surface area (Å²) < 4.78 is 19.8. The van der Waals surface area contributed by atoms with Gasteiger partial charge in [-0.2, -0.15) is 4.98 Å². The molecular formula is C48H39N7O2. The molecular weight excluding hydrogens is 707 g/mol. The molecule has 11 rings (SSSR count). The molecule has 4 aromatic carbocycles. The van der Waals surface area contributed by atoms with Crippen LogP contribution in [0.1, 0.15) is 52.7 Å². The van der Waals surface area contributed by atoms with Gasteiger partial charge in [0.2, 0.25) is 11.7 Å². The predicted molar refractivity (Wildman–Crippen MR) is 228 cm³/mol. The highest BCUT2D eigenvalue weighted by Gasteiger charge is 2.24. The molecule has 0 aliphatic heterocycles. The minimum atomic E-state index is 0.00713. The molecule has 11 aromatic rings. The van der Waals surface area contributed by atoms with Gasteiger partial charge in [0.25, 0.3) is 0 Å². The smallest absolute Gasteiger partial charge is 0.221 e. The van der Waals surface area contributed by atoms with Gasteiger partial charge in [-0.05, 0) is 88.7 Å². The van der Waals surface area contributed by atoms with E-state index >= 15 is 0 Å². The number of aromatic nitrogens is 7. The average molecular weight is 746 g/mol. The lowest BCUT2D eigenvalue weighted by atomic mass is 9.87. The summed E-state index contributed by atoms with van der Waals surface area (Å²) in [6.45, 7) is 13.4. The Balaban J connectivity index is 1.09. The van der Waals surface area contributed by atoms with Crippen LogP contribution in [-0.2, 0) is 10.8 Å². The fourth-order valence-corrected chi connectivity index (χ4v) is 8.16. The van der Waals surface area contributed by atoms with Crippen molar-refractivity contribution < 1.29 is 9.15 Å². The van der Waals surface area contributed by atoms with Gasteiger partial charge in [-0.15, -0.1) is 0 Å². The molecule has 0 N–H and O–H groups in total. The maximum atomic E-state index is 6.69. The molecule has 0 saturated heterocycles. The van der Waals surface area contributed by atoms with E-state index in [2.05, 4.69) is 110 Å². The first-order valence-corrected chi connectivity index (χ1v) is 19.3. The molecule has 57 heavy (non-hydrogen) atoms. The summed E-state index contributed by atoms with van der Waals surface area (Å²) in [5, 5.41) is 1.86. The molecule has 0 amide bonds.